The van der Waals surface area contributed by atoms with Crippen molar-refractivity contribution in [2.45, 2.75) is 40.0 Å². The van der Waals surface area contributed by atoms with Gasteiger partial charge in [-0.05, 0) is 24.2 Å². The second-order valence-corrected chi connectivity index (χ2v) is 4.17. The molecular formula is C10H18O. The summed E-state index contributed by atoms with van der Waals surface area (Å²) < 4.78 is 0. The van der Waals surface area contributed by atoms with Crippen LogP contribution in [0.1, 0.15) is 40.0 Å². The molecular weight excluding hydrogens is 136 g/mol. The average molecular weight is 154 g/mol. The van der Waals surface area contributed by atoms with Gasteiger partial charge in [0.1, 0.15) is 5.78 Å². The lowest BCUT2D eigenvalue weighted by atomic mass is 9.74. The predicted molar refractivity (Wildman–Crippen MR) is 46.4 cm³/mol. The molecule has 0 aromatic heterocycles. The van der Waals surface area contributed by atoms with Crippen LogP contribution in [0.3, 0.4) is 0 Å². The Morgan fingerprint density at radius 3 is 2.55 bits per heavy atom. The van der Waals surface area contributed by atoms with E-state index in [9.17, 15) is 4.79 Å². The van der Waals surface area contributed by atoms with Gasteiger partial charge < -0.3 is 0 Å². The normalized spacial score (nSPS) is 32.9. The lowest BCUT2D eigenvalue weighted by Crippen LogP contribution is -2.26. The van der Waals surface area contributed by atoms with Gasteiger partial charge in [-0.15, -0.1) is 0 Å². The van der Waals surface area contributed by atoms with Crippen LogP contribution in [0, 0.1) is 17.8 Å². The fourth-order valence-corrected chi connectivity index (χ4v) is 2.22. The first-order valence-corrected chi connectivity index (χ1v) is 4.63. The van der Waals surface area contributed by atoms with Crippen molar-refractivity contribution < 1.29 is 4.79 Å². The number of Topliss-reactive ketones (excluding diaryl/α,β-unsaturated/α-hetero) is 1. The number of hydrogen-bond acceptors (Lipinski definition) is 1. The van der Waals surface area contributed by atoms with Crippen molar-refractivity contribution in [1.29, 1.82) is 0 Å². The van der Waals surface area contributed by atoms with E-state index in [2.05, 4.69) is 20.8 Å². The Morgan fingerprint density at radius 2 is 2.09 bits per heavy atom. The summed E-state index contributed by atoms with van der Waals surface area (Å²) in [4.78, 5) is 11.0. The zero-order chi connectivity index (χ0) is 8.43. The van der Waals surface area contributed by atoms with E-state index in [1.807, 2.05) is 0 Å². The lowest BCUT2D eigenvalue weighted by Gasteiger charge is -2.30. The minimum atomic E-state index is 0.467. The predicted octanol–water partition coefficient (Wildman–Crippen LogP) is 2.65. The zero-order valence-electron chi connectivity index (χ0n) is 7.76. The first-order valence-electron chi connectivity index (χ1n) is 4.63. The molecule has 1 aliphatic carbocycles. The van der Waals surface area contributed by atoms with E-state index in [0.717, 1.165) is 31.1 Å². The number of hydrogen-bond donors (Lipinski definition) is 0. The second kappa shape index (κ2) is 3.38. The molecule has 0 aromatic carbocycles. The van der Waals surface area contributed by atoms with Gasteiger partial charge >= 0.3 is 0 Å². The molecule has 0 aliphatic heterocycles. The molecule has 64 valence electrons. The summed E-state index contributed by atoms with van der Waals surface area (Å²) in [6.45, 7) is 6.73. The molecule has 0 unspecified atom stereocenters. The van der Waals surface area contributed by atoms with Crippen molar-refractivity contribution in [1.82, 2.24) is 0 Å². The van der Waals surface area contributed by atoms with E-state index in [1.165, 1.54) is 0 Å². The third kappa shape index (κ3) is 2.05. The maximum absolute atomic E-state index is 11.0. The van der Waals surface area contributed by atoms with E-state index < -0.39 is 0 Å². The highest BCUT2D eigenvalue weighted by molar-refractivity contribution is 5.79. The quantitative estimate of drug-likeness (QED) is 0.567. The van der Waals surface area contributed by atoms with E-state index in [4.69, 9.17) is 0 Å². The van der Waals surface area contributed by atoms with E-state index in [1.54, 1.807) is 0 Å². The van der Waals surface area contributed by atoms with Crippen LogP contribution in [0.15, 0.2) is 0 Å². The molecule has 0 N–H and O–H groups in total. The molecule has 1 aliphatic rings. The Balaban J connectivity index is 2.50. The van der Waals surface area contributed by atoms with Crippen molar-refractivity contribution in [3.8, 4) is 0 Å². The minimum absolute atomic E-state index is 0.467. The number of carbonyl (C=O) groups excluding carboxylic acids is 1. The Labute approximate surface area is 69.2 Å². The zero-order valence-corrected chi connectivity index (χ0v) is 7.76. The number of ketones is 1. The van der Waals surface area contributed by atoms with Gasteiger partial charge in [0.15, 0.2) is 0 Å². The Morgan fingerprint density at radius 1 is 1.45 bits per heavy atom. The summed E-state index contributed by atoms with van der Waals surface area (Å²) in [5.74, 6) is 2.62. The van der Waals surface area contributed by atoms with Crippen LogP contribution in [0.4, 0.5) is 0 Å². The van der Waals surface area contributed by atoms with Gasteiger partial charge in [-0.1, -0.05) is 20.8 Å². The van der Waals surface area contributed by atoms with Gasteiger partial charge in [-0.2, -0.15) is 0 Å². The van der Waals surface area contributed by atoms with Crippen LogP contribution in [0.25, 0.3) is 0 Å². The molecule has 0 aromatic rings. The third-order valence-corrected chi connectivity index (χ3v) is 2.89. The van der Waals surface area contributed by atoms with Crippen LogP contribution in [-0.2, 0) is 4.79 Å². The van der Waals surface area contributed by atoms with Crippen molar-refractivity contribution in [3.05, 3.63) is 0 Å². The van der Waals surface area contributed by atoms with Gasteiger partial charge in [0.2, 0.25) is 0 Å². The van der Waals surface area contributed by atoms with E-state index in [0.29, 0.717) is 11.7 Å². The SMILES string of the molecule is CC(C)[C@@H]1CCC(=O)C[C@H]1C. The number of rotatable bonds is 1. The van der Waals surface area contributed by atoms with Crippen molar-refractivity contribution in [2.75, 3.05) is 0 Å². The molecule has 1 nitrogen and oxygen atoms in total. The largest absolute Gasteiger partial charge is 0.300 e. The Hall–Kier alpha value is -0.330. The van der Waals surface area contributed by atoms with E-state index in [-0.39, 0.29) is 0 Å². The molecule has 1 rings (SSSR count). The fourth-order valence-electron chi connectivity index (χ4n) is 2.22. The molecule has 0 heterocycles. The van der Waals surface area contributed by atoms with Crippen LogP contribution in [-0.4, -0.2) is 5.78 Å². The summed E-state index contributed by atoms with van der Waals surface area (Å²) >= 11 is 0. The van der Waals surface area contributed by atoms with Crippen LogP contribution in [0.2, 0.25) is 0 Å². The van der Waals surface area contributed by atoms with Crippen molar-refractivity contribution in [3.63, 3.8) is 0 Å². The summed E-state index contributed by atoms with van der Waals surface area (Å²) in [7, 11) is 0. The third-order valence-electron chi connectivity index (χ3n) is 2.89. The van der Waals surface area contributed by atoms with E-state index >= 15 is 0 Å². The summed E-state index contributed by atoms with van der Waals surface area (Å²) in [5.41, 5.74) is 0. The van der Waals surface area contributed by atoms with Gasteiger partial charge in [0, 0.05) is 12.8 Å². The highest BCUT2D eigenvalue weighted by Gasteiger charge is 2.27. The van der Waals surface area contributed by atoms with Gasteiger partial charge in [-0.25, -0.2) is 0 Å². The lowest BCUT2D eigenvalue weighted by molar-refractivity contribution is -0.122. The smallest absolute Gasteiger partial charge is 0.133 e. The molecule has 11 heavy (non-hydrogen) atoms. The van der Waals surface area contributed by atoms with Gasteiger partial charge in [0.25, 0.3) is 0 Å². The molecule has 0 radical (unpaired) electrons. The molecule has 0 spiro atoms. The summed E-state index contributed by atoms with van der Waals surface area (Å²) in [5, 5.41) is 0. The van der Waals surface area contributed by atoms with Crippen LogP contribution in [0.5, 0.6) is 0 Å². The van der Waals surface area contributed by atoms with Gasteiger partial charge in [-0.3, -0.25) is 4.79 Å². The molecule has 0 amide bonds. The maximum atomic E-state index is 11.0. The van der Waals surface area contributed by atoms with Gasteiger partial charge in [0.05, 0.1) is 0 Å². The maximum Gasteiger partial charge on any atom is 0.133 e. The standard InChI is InChI=1S/C10H18O/c1-7(2)10-5-4-9(11)6-8(10)3/h7-8,10H,4-6H2,1-3H3/t8-,10+/m1/s1. The monoisotopic (exact) mass is 154 g/mol. The summed E-state index contributed by atoms with van der Waals surface area (Å²) in [6.07, 6.45) is 2.77. The average Bonchev–Trinajstić information content (AvgIpc) is 1.85. The first-order chi connectivity index (χ1) is 5.11. The molecule has 0 bridgehead atoms. The van der Waals surface area contributed by atoms with Crippen LogP contribution >= 0.6 is 0 Å². The molecule has 1 heteroatoms. The summed E-state index contributed by atoms with van der Waals surface area (Å²) in [6, 6.07) is 0. The molecule has 1 fully saturated rings. The topological polar surface area (TPSA) is 17.1 Å². The fraction of sp³-hybridized carbons (Fsp3) is 0.900. The molecule has 2 atom stereocenters. The highest BCUT2D eigenvalue weighted by Crippen LogP contribution is 2.32. The second-order valence-electron chi connectivity index (χ2n) is 4.17. The van der Waals surface area contributed by atoms with Crippen LogP contribution < -0.4 is 0 Å². The van der Waals surface area contributed by atoms with Crippen molar-refractivity contribution >= 4 is 5.78 Å². The number of carbonyl (C=O) groups is 1. The van der Waals surface area contributed by atoms with Crippen molar-refractivity contribution in [2.24, 2.45) is 17.8 Å². The molecule has 1 saturated carbocycles. The first kappa shape index (κ1) is 8.76. The Bertz CT molecular complexity index is 149. The Kier molecular flexibility index (Phi) is 2.69. The molecule has 0 saturated heterocycles. The highest BCUT2D eigenvalue weighted by atomic mass is 16.1. The minimum Gasteiger partial charge on any atom is -0.300 e.